The molecule has 160 valence electrons. The Morgan fingerprint density at radius 1 is 1.03 bits per heavy atom. The van der Waals surface area contributed by atoms with Gasteiger partial charge in [0.1, 0.15) is 11.6 Å². The van der Waals surface area contributed by atoms with Gasteiger partial charge in [-0.1, -0.05) is 12.1 Å². The van der Waals surface area contributed by atoms with Crippen molar-refractivity contribution in [3.63, 3.8) is 0 Å². The van der Waals surface area contributed by atoms with E-state index in [0.29, 0.717) is 12.2 Å². The zero-order chi connectivity index (χ0) is 21.6. The summed E-state index contributed by atoms with van der Waals surface area (Å²) >= 11 is 0. The molecule has 0 unspecified atom stereocenters. The quantitative estimate of drug-likeness (QED) is 0.657. The van der Waals surface area contributed by atoms with Crippen LogP contribution in [0.4, 0.5) is 10.2 Å². The van der Waals surface area contributed by atoms with Crippen molar-refractivity contribution in [1.29, 1.82) is 0 Å². The Kier molecular flexibility index (Phi) is 6.40. The maximum Gasteiger partial charge on any atom is 0.223 e. The smallest absolute Gasteiger partial charge is 0.223 e. The SMILES string of the molecule is COc1ccc(CNC(=O)C2CCN(c3ccc(-c4ccc(F)cc4)nn3)CC2)cc1. The lowest BCUT2D eigenvalue weighted by Gasteiger charge is -2.31. The van der Waals surface area contributed by atoms with Crippen molar-refractivity contribution in [1.82, 2.24) is 15.5 Å². The Labute approximate surface area is 181 Å². The molecule has 2 aromatic carbocycles. The van der Waals surface area contributed by atoms with E-state index in [1.807, 2.05) is 36.4 Å². The minimum atomic E-state index is -0.274. The number of halogens is 1. The summed E-state index contributed by atoms with van der Waals surface area (Å²) in [6.45, 7) is 2.02. The Morgan fingerprint density at radius 3 is 2.35 bits per heavy atom. The normalized spacial score (nSPS) is 14.3. The van der Waals surface area contributed by atoms with Crippen molar-refractivity contribution in [3.8, 4) is 17.0 Å². The van der Waals surface area contributed by atoms with Crippen LogP contribution in [-0.2, 0) is 11.3 Å². The van der Waals surface area contributed by atoms with Gasteiger partial charge in [-0.25, -0.2) is 4.39 Å². The minimum Gasteiger partial charge on any atom is -0.497 e. The van der Waals surface area contributed by atoms with E-state index in [9.17, 15) is 9.18 Å². The van der Waals surface area contributed by atoms with E-state index in [4.69, 9.17) is 4.74 Å². The number of nitrogens with one attached hydrogen (secondary N) is 1. The molecule has 0 spiro atoms. The monoisotopic (exact) mass is 420 g/mol. The van der Waals surface area contributed by atoms with E-state index in [1.165, 1.54) is 12.1 Å². The molecule has 0 atom stereocenters. The molecule has 0 radical (unpaired) electrons. The Bertz CT molecular complexity index is 999. The number of carbonyl (C=O) groups excluding carboxylic acids is 1. The van der Waals surface area contributed by atoms with Gasteiger partial charge in [0.15, 0.2) is 5.82 Å². The third-order valence-electron chi connectivity index (χ3n) is 5.61. The van der Waals surface area contributed by atoms with Crippen molar-refractivity contribution in [2.75, 3.05) is 25.1 Å². The second-order valence-corrected chi connectivity index (χ2v) is 7.61. The van der Waals surface area contributed by atoms with E-state index in [0.717, 1.165) is 48.6 Å². The van der Waals surface area contributed by atoms with Crippen molar-refractivity contribution >= 4 is 11.7 Å². The topological polar surface area (TPSA) is 67.3 Å². The standard InChI is InChI=1S/C24H25FN4O2/c1-31-21-8-2-17(3-9-21)16-26-24(30)19-12-14-29(15-13-19)23-11-10-22(27-28-23)18-4-6-20(25)7-5-18/h2-11,19H,12-16H2,1H3,(H,26,30). The summed E-state index contributed by atoms with van der Waals surface area (Å²) in [5.41, 5.74) is 2.58. The Hall–Kier alpha value is -3.48. The lowest BCUT2D eigenvalue weighted by Crippen LogP contribution is -2.40. The van der Waals surface area contributed by atoms with Gasteiger partial charge >= 0.3 is 0 Å². The van der Waals surface area contributed by atoms with Crippen LogP contribution in [0, 0.1) is 11.7 Å². The van der Waals surface area contributed by atoms with Crippen LogP contribution in [0.3, 0.4) is 0 Å². The maximum atomic E-state index is 13.1. The molecular weight excluding hydrogens is 395 g/mol. The van der Waals surface area contributed by atoms with Gasteiger partial charge < -0.3 is 15.0 Å². The number of hydrogen-bond acceptors (Lipinski definition) is 5. The first-order valence-electron chi connectivity index (χ1n) is 10.4. The predicted octanol–water partition coefficient (Wildman–Crippen LogP) is 3.82. The van der Waals surface area contributed by atoms with Gasteiger partial charge in [-0.3, -0.25) is 4.79 Å². The lowest BCUT2D eigenvalue weighted by atomic mass is 9.96. The van der Waals surface area contributed by atoms with Crippen LogP contribution >= 0.6 is 0 Å². The molecule has 0 saturated carbocycles. The molecule has 1 aliphatic rings. The summed E-state index contributed by atoms with van der Waals surface area (Å²) in [7, 11) is 1.63. The predicted molar refractivity (Wildman–Crippen MR) is 117 cm³/mol. The number of rotatable bonds is 6. The highest BCUT2D eigenvalue weighted by Gasteiger charge is 2.25. The van der Waals surface area contributed by atoms with Crippen molar-refractivity contribution in [2.24, 2.45) is 5.92 Å². The number of anilines is 1. The molecule has 4 rings (SSSR count). The summed E-state index contributed by atoms with van der Waals surface area (Å²) in [4.78, 5) is 14.7. The second kappa shape index (κ2) is 9.55. The highest BCUT2D eigenvalue weighted by Crippen LogP contribution is 2.24. The first-order chi connectivity index (χ1) is 15.1. The molecule has 1 saturated heterocycles. The lowest BCUT2D eigenvalue weighted by molar-refractivity contribution is -0.125. The van der Waals surface area contributed by atoms with E-state index in [2.05, 4.69) is 20.4 Å². The highest BCUT2D eigenvalue weighted by atomic mass is 19.1. The molecule has 7 heteroatoms. The summed E-state index contributed by atoms with van der Waals surface area (Å²) in [5, 5.41) is 11.7. The van der Waals surface area contributed by atoms with Crippen LogP contribution in [0.2, 0.25) is 0 Å². The van der Waals surface area contributed by atoms with E-state index >= 15 is 0 Å². The maximum absolute atomic E-state index is 13.1. The Morgan fingerprint density at radius 2 is 1.74 bits per heavy atom. The van der Waals surface area contributed by atoms with Gasteiger partial charge in [0.2, 0.25) is 5.91 Å². The van der Waals surface area contributed by atoms with Gasteiger partial charge in [0.05, 0.1) is 12.8 Å². The largest absolute Gasteiger partial charge is 0.497 e. The fourth-order valence-electron chi connectivity index (χ4n) is 3.72. The van der Waals surface area contributed by atoms with E-state index in [-0.39, 0.29) is 17.6 Å². The zero-order valence-corrected chi connectivity index (χ0v) is 17.4. The number of carbonyl (C=O) groups is 1. The van der Waals surface area contributed by atoms with E-state index < -0.39 is 0 Å². The molecule has 1 N–H and O–H groups in total. The number of ether oxygens (including phenoxy) is 1. The second-order valence-electron chi connectivity index (χ2n) is 7.61. The molecule has 1 fully saturated rings. The van der Waals surface area contributed by atoms with Crippen molar-refractivity contribution in [2.45, 2.75) is 19.4 Å². The van der Waals surface area contributed by atoms with Gasteiger partial charge in [-0.2, -0.15) is 0 Å². The summed E-state index contributed by atoms with van der Waals surface area (Å²) in [6, 6.07) is 17.7. The van der Waals surface area contributed by atoms with Crippen LogP contribution in [-0.4, -0.2) is 36.3 Å². The molecule has 31 heavy (non-hydrogen) atoms. The molecule has 1 aliphatic heterocycles. The molecule has 6 nitrogen and oxygen atoms in total. The number of hydrogen-bond donors (Lipinski definition) is 1. The highest BCUT2D eigenvalue weighted by molar-refractivity contribution is 5.79. The third-order valence-corrected chi connectivity index (χ3v) is 5.61. The molecule has 0 aliphatic carbocycles. The van der Waals surface area contributed by atoms with Gasteiger partial charge in [0, 0.05) is 31.1 Å². The molecule has 1 amide bonds. The first kappa shape index (κ1) is 20.8. The number of piperidine rings is 1. The number of aromatic nitrogens is 2. The fraction of sp³-hybridized carbons (Fsp3) is 0.292. The summed E-state index contributed by atoms with van der Waals surface area (Å²) < 4.78 is 18.2. The fourth-order valence-corrected chi connectivity index (χ4v) is 3.72. The van der Waals surface area contributed by atoms with Crippen LogP contribution in [0.25, 0.3) is 11.3 Å². The van der Waals surface area contributed by atoms with Gasteiger partial charge in [-0.15, -0.1) is 10.2 Å². The average molecular weight is 420 g/mol. The molecular formula is C24H25FN4O2. The minimum absolute atomic E-state index is 0.000876. The number of methoxy groups -OCH3 is 1. The molecule has 2 heterocycles. The van der Waals surface area contributed by atoms with Crippen molar-refractivity contribution in [3.05, 3.63) is 72.0 Å². The molecule has 0 bridgehead atoms. The van der Waals surface area contributed by atoms with Gasteiger partial charge in [0.25, 0.3) is 0 Å². The first-order valence-corrected chi connectivity index (χ1v) is 10.4. The molecule has 1 aromatic heterocycles. The van der Waals surface area contributed by atoms with Crippen LogP contribution in [0.15, 0.2) is 60.7 Å². The van der Waals surface area contributed by atoms with E-state index in [1.54, 1.807) is 19.2 Å². The van der Waals surface area contributed by atoms with Crippen molar-refractivity contribution < 1.29 is 13.9 Å². The number of nitrogens with zero attached hydrogens (tertiary/aromatic N) is 3. The zero-order valence-electron chi connectivity index (χ0n) is 17.4. The number of benzene rings is 2. The average Bonchev–Trinajstić information content (AvgIpc) is 2.83. The summed E-state index contributed by atoms with van der Waals surface area (Å²) in [5.74, 6) is 1.41. The van der Waals surface area contributed by atoms with Crippen LogP contribution in [0.1, 0.15) is 18.4 Å². The van der Waals surface area contributed by atoms with Crippen LogP contribution < -0.4 is 15.0 Å². The summed E-state index contributed by atoms with van der Waals surface area (Å²) in [6.07, 6.45) is 1.55. The molecule has 3 aromatic rings. The van der Waals surface area contributed by atoms with Gasteiger partial charge in [-0.05, 0) is 66.9 Å². The number of amides is 1. The third kappa shape index (κ3) is 5.17. The Balaban J connectivity index is 1.27. The van der Waals surface area contributed by atoms with Crippen LogP contribution in [0.5, 0.6) is 5.75 Å².